The van der Waals surface area contributed by atoms with Crippen LogP contribution < -0.4 is 9.64 Å². The van der Waals surface area contributed by atoms with Crippen molar-refractivity contribution in [1.29, 1.82) is 0 Å². The Morgan fingerprint density at radius 3 is 2.58 bits per heavy atom. The first-order valence-corrected chi connectivity index (χ1v) is 13.2. The van der Waals surface area contributed by atoms with Crippen LogP contribution >= 0.6 is 15.9 Å². The quantitative estimate of drug-likeness (QED) is 0.280. The highest BCUT2D eigenvalue weighted by molar-refractivity contribution is 9.10. The number of rotatable bonds is 5. The average molecular weight is 544 g/mol. The lowest BCUT2D eigenvalue weighted by atomic mass is 10.0. The van der Waals surface area contributed by atoms with Crippen LogP contribution in [-0.4, -0.2) is 48.1 Å². The van der Waals surface area contributed by atoms with Gasteiger partial charge in [0.15, 0.2) is 0 Å². The molecule has 0 radical (unpaired) electrons. The van der Waals surface area contributed by atoms with Crippen molar-refractivity contribution in [1.82, 2.24) is 9.88 Å². The molecular weight excluding hydrogens is 514 g/mol. The fourth-order valence-corrected chi connectivity index (χ4v) is 5.28. The zero-order valence-electron chi connectivity index (χ0n) is 20.9. The van der Waals surface area contributed by atoms with Gasteiger partial charge in [0.25, 0.3) is 5.91 Å². The first-order chi connectivity index (χ1) is 17.4. The molecule has 0 spiro atoms. The first-order valence-electron chi connectivity index (χ1n) is 12.4. The molecule has 1 amide bonds. The summed E-state index contributed by atoms with van der Waals surface area (Å²) in [6.07, 6.45) is 0. The highest BCUT2D eigenvalue weighted by Crippen LogP contribution is 2.30. The van der Waals surface area contributed by atoms with Gasteiger partial charge in [-0.15, -0.1) is 0 Å². The van der Waals surface area contributed by atoms with E-state index in [1.165, 1.54) is 11.3 Å². The fourth-order valence-electron chi connectivity index (χ4n) is 4.91. The van der Waals surface area contributed by atoms with Gasteiger partial charge in [-0.2, -0.15) is 0 Å². The lowest BCUT2D eigenvalue weighted by molar-refractivity contribution is 0.0728. The minimum absolute atomic E-state index is 0.0448. The summed E-state index contributed by atoms with van der Waals surface area (Å²) in [5.74, 6) is 0.867. The molecule has 1 atom stereocenters. The third-order valence-corrected chi connectivity index (χ3v) is 7.20. The van der Waals surface area contributed by atoms with Crippen LogP contribution in [0.1, 0.15) is 29.8 Å². The van der Waals surface area contributed by atoms with E-state index < -0.39 is 0 Å². The number of aryl methyl sites for hydroxylation is 1. The summed E-state index contributed by atoms with van der Waals surface area (Å²) in [4.78, 5) is 23.2. The molecule has 0 N–H and O–H groups in total. The highest BCUT2D eigenvalue weighted by Gasteiger charge is 2.29. The van der Waals surface area contributed by atoms with E-state index in [9.17, 15) is 4.79 Å². The van der Waals surface area contributed by atoms with Crippen LogP contribution in [0.5, 0.6) is 5.75 Å². The number of hydrogen-bond donors (Lipinski definition) is 0. The monoisotopic (exact) mass is 543 g/mol. The van der Waals surface area contributed by atoms with Gasteiger partial charge >= 0.3 is 0 Å². The Labute approximate surface area is 220 Å². The maximum Gasteiger partial charge on any atom is 0.254 e. The predicted molar refractivity (Wildman–Crippen MR) is 150 cm³/mol. The standard InChI is InChI=1S/C30H30BrN3O2/c1-4-36-25-11-8-22(9-12-25)29-18-27(26-17-23(31)10-13-28(26)32-29)30(35)33-14-15-34(21(3)19-33)24-7-5-6-20(2)16-24/h5-13,16-18,21H,4,14-15,19H2,1-3H3/t21-/m1/s1. The van der Waals surface area contributed by atoms with Crippen molar-refractivity contribution in [2.45, 2.75) is 26.8 Å². The van der Waals surface area contributed by atoms with E-state index in [1.807, 2.05) is 60.4 Å². The van der Waals surface area contributed by atoms with Crippen molar-refractivity contribution in [3.63, 3.8) is 0 Å². The molecule has 4 aromatic rings. The zero-order valence-corrected chi connectivity index (χ0v) is 22.5. The van der Waals surface area contributed by atoms with Gasteiger partial charge in [0.05, 0.1) is 23.4 Å². The molecule has 0 aliphatic carbocycles. The Morgan fingerprint density at radius 1 is 1.06 bits per heavy atom. The molecule has 1 saturated heterocycles. The maximum absolute atomic E-state index is 13.9. The Morgan fingerprint density at radius 2 is 1.86 bits per heavy atom. The van der Waals surface area contributed by atoms with E-state index in [2.05, 4.69) is 58.9 Å². The number of piperazine rings is 1. The van der Waals surface area contributed by atoms with Gasteiger partial charge in [0.1, 0.15) is 5.75 Å². The lowest BCUT2D eigenvalue weighted by Gasteiger charge is -2.41. The number of ether oxygens (including phenoxy) is 1. The molecule has 3 aromatic carbocycles. The van der Waals surface area contributed by atoms with Crippen LogP contribution in [0.15, 0.2) is 77.3 Å². The number of benzene rings is 3. The van der Waals surface area contributed by atoms with Crippen molar-refractivity contribution < 1.29 is 9.53 Å². The summed E-state index contributed by atoms with van der Waals surface area (Å²) in [6.45, 7) is 9.04. The minimum atomic E-state index is 0.0448. The number of nitrogens with zero attached hydrogens (tertiary/aromatic N) is 3. The van der Waals surface area contributed by atoms with Crippen molar-refractivity contribution in [3.8, 4) is 17.0 Å². The molecule has 1 fully saturated rings. The molecule has 6 heteroatoms. The van der Waals surface area contributed by atoms with Crippen LogP contribution in [0.4, 0.5) is 5.69 Å². The van der Waals surface area contributed by atoms with Crippen molar-refractivity contribution >= 4 is 38.4 Å². The van der Waals surface area contributed by atoms with E-state index in [1.54, 1.807) is 0 Å². The Hall–Kier alpha value is -3.38. The normalized spacial score (nSPS) is 15.8. The van der Waals surface area contributed by atoms with Crippen LogP contribution in [-0.2, 0) is 0 Å². The molecule has 0 unspecified atom stereocenters. The molecule has 1 aromatic heterocycles. The van der Waals surface area contributed by atoms with E-state index in [0.717, 1.165) is 38.9 Å². The third-order valence-electron chi connectivity index (χ3n) is 6.71. The molecule has 5 nitrogen and oxygen atoms in total. The summed E-state index contributed by atoms with van der Waals surface area (Å²) in [6, 6.07) is 24.5. The molecule has 0 bridgehead atoms. The van der Waals surface area contributed by atoms with Gasteiger partial charge in [-0.05, 0) is 87.0 Å². The molecule has 1 aliphatic heterocycles. The molecule has 1 aliphatic rings. The minimum Gasteiger partial charge on any atom is -0.494 e. The zero-order chi connectivity index (χ0) is 25.2. The Kier molecular flexibility index (Phi) is 6.97. The highest BCUT2D eigenvalue weighted by atomic mass is 79.9. The number of carbonyl (C=O) groups is 1. The number of fused-ring (bicyclic) bond motifs is 1. The van der Waals surface area contributed by atoms with Gasteiger partial charge in [-0.3, -0.25) is 4.79 Å². The van der Waals surface area contributed by atoms with Crippen LogP contribution in [0.3, 0.4) is 0 Å². The summed E-state index contributed by atoms with van der Waals surface area (Å²) in [7, 11) is 0. The SMILES string of the molecule is CCOc1ccc(-c2cc(C(=O)N3CCN(c4cccc(C)c4)[C@H](C)C3)c3cc(Br)ccc3n2)cc1. The fraction of sp³-hybridized carbons (Fsp3) is 0.267. The van der Waals surface area contributed by atoms with E-state index >= 15 is 0 Å². The summed E-state index contributed by atoms with van der Waals surface area (Å²) in [5, 5.41) is 0.859. The first kappa shape index (κ1) is 24.3. The number of halogens is 1. The number of pyridine rings is 1. The summed E-state index contributed by atoms with van der Waals surface area (Å²) < 4.78 is 6.52. The Bertz CT molecular complexity index is 1400. The van der Waals surface area contributed by atoms with Crippen LogP contribution in [0.2, 0.25) is 0 Å². The number of carbonyl (C=O) groups excluding carboxylic acids is 1. The second-order valence-corrected chi connectivity index (χ2v) is 10.2. The second-order valence-electron chi connectivity index (χ2n) is 9.31. The molecular formula is C30H30BrN3O2. The van der Waals surface area contributed by atoms with Crippen molar-refractivity contribution in [2.24, 2.45) is 0 Å². The van der Waals surface area contributed by atoms with E-state index in [0.29, 0.717) is 25.3 Å². The summed E-state index contributed by atoms with van der Waals surface area (Å²) >= 11 is 3.57. The number of amides is 1. The average Bonchev–Trinajstić information content (AvgIpc) is 2.88. The van der Waals surface area contributed by atoms with Crippen LogP contribution in [0.25, 0.3) is 22.2 Å². The van der Waals surface area contributed by atoms with Crippen molar-refractivity contribution in [2.75, 3.05) is 31.1 Å². The third kappa shape index (κ3) is 4.96. The second kappa shape index (κ2) is 10.3. The molecule has 5 rings (SSSR count). The number of hydrogen-bond acceptors (Lipinski definition) is 4. The largest absolute Gasteiger partial charge is 0.494 e. The van der Waals surface area contributed by atoms with Gasteiger partial charge in [-0.25, -0.2) is 4.98 Å². The Balaban J connectivity index is 1.47. The van der Waals surface area contributed by atoms with Crippen LogP contribution in [0, 0.1) is 6.92 Å². The molecule has 36 heavy (non-hydrogen) atoms. The predicted octanol–water partition coefficient (Wildman–Crippen LogP) is 6.72. The topological polar surface area (TPSA) is 45.7 Å². The van der Waals surface area contributed by atoms with Gasteiger partial charge < -0.3 is 14.5 Å². The van der Waals surface area contributed by atoms with Crippen molar-refractivity contribution in [3.05, 3.63) is 88.4 Å². The van der Waals surface area contributed by atoms with Gasteiger partial charge in [-0.1, -0.05) is 28.1 Å². The van der Waals surface area contributed by atoms with Gasteiger partial charge in [0, 0.05) is 46.8 Å². The summed E-state index contributed by atoms with van der Waals surface area (Å²) in [5.41, 5.74) is 5.68. The number of anilines is 1. The molecule has 184 valence electrons. The molecule has 2 heterocycles. The maximum atomic E-state index is 13.9. The smallest absolute Gasteiger partial charge is 0.254 e. The number of aromatic nitrogens is 1. The lowest BCUT2D eigenvalue weighted by Crippen LogP contribution is -2.53. The van der Waals surface area contributed by atoms with E-state index in [-0.39, 0.29) is 11.9 Å². The van der Waals surface area contributed by atoms with E-state index in [4.69, 9.17) is 9.72 Å². The van der Waals surface area contributed by atoms with Gasteiger partial charge in [0.2, 0.25) is 0 Å². The molecule has 0 saturated carbocycles.